The molecule has 2 aromatic carbocycles. The van der Waals surface area contributed by atoms with E-state index in [0.29, 0.717) is 6.04 Å². The molecule has 1 amide bonds. The van der Waals surface area contributed by atoms with Crippen LogP contribution in [0.25, 0.3) is 22.2 Å². The average Bonchev–Trinajstić information content (AvgIpc) is 3.69. The van der Waals surface area contributed by atoms with Gasteiger partial charge in [-0.1, -0.05) is 12.1 Å². The zero-order chi connectivity index (χ0) is 25.2. The largest absolute Gasteiger partial charge is 0.382 e. The highest BCUT2D eigenvalue weighted by atomic mass is 32.1. The molecular weight excluding hydrogens is 480 g/mol. The number of likely N-dealkylation sites (tertiary alicyclic amines) is 2. The van der Waals surface area contributed by atoms with Crippen molar-refractivity contribution in [2.24, 2.45) is 0 Å². The van der Waals surface area contributed by atoms with Gasteiger partial charge in [0.1, 0.15) is 6.04 Å². The predicted octanol–water partition coefficient (Wildman–Crippen LogP) is 5.57. The van der Waals surface area contributed by atoms with Crippen molar-refractivity contribution < 1.29 is 4.79 Å². The summed E-state index contributed by atoms with van der Waals surface area (Å²) in [6.45, 7) is 4.20. The first-order valence-electron chi connectivity index (χ1n) is 13.2. The van der Waals surface area contributed by atoms with Gasteiger partial charge in [-0.3, -0.25) is 14.8 Å². The van der Waals surface area contributed by atoms with Crippen molar-refractivity contribution in [1.82, 2.24) is 20.0 Å². The number of aromatic nitrogens is 2. The van der Waals surface area contributed by atoms with Crippen LogP contribution in [0.15, 0.2) is 59.3 Å². The van der Waals surface area contributed by atoms with Gasteiger partial charge in [0.05, 0.1) is 11.2 Å². The SMILES string of the molecule is CN1CCC(Nc2ccc(-c3n[nH]c4ccc(NC(=O)C(c5ccsc5)N5CCCC5)cc34)cc2)CC1. The van der Waals surface area contributed by atoms with E-state index in [4.69, 9.17) is 0 Å². The molecule has 0 radical (unpaired) electrons. The number of carbonyl (C=O) groups excluding carboxylic acids is 1. The van der Waals surface area contributed by atoms with Crippen molar-refractivity contribution >= 4 is 39.5 Å². The molecule has 1 unspecified atom stereocenters. The molecule has 1 atom stereocenters. The van der Waals surface area contributed by atoms with Gasteiger partial charge in [0.2, 0.25) is 5.91 Å². The molecule has 2 aliphatic heterocycles. The minimum Gasteiger partial charge on any atom is -0.382 e. The predicted molar refractivity (Wildman–Crippen MR) is 152 cm³/mol. The number of H-pyrrole nitrogens is 1. The first-order valence-corrected chi connectivity index (χ1v) is 14.2. The van der Waals surface area contributed by atoms with Crippen LogP contribution in [0.5, 0.6) is 0 Å². The Hall–Kier alpha value is -3.20. The van der Waals surface area contributed by atoms with E-state index in [1.807, 2.05) is 23.6 Å². The topological polar surface area (TPSA) is 76.3 Å². The minimum absolute atomic E-state index is 0.0222. The molecule has 3 N–H and O–H groups in total. The lowest BCUT2D eigenvalue weighted by atomic mass is 10.0. The van der Waals surface area contributed by atoms with Gasteiger partial charge in [0.15, 0.2) is 0 Å². The van der Waals surface area contributed by atoms with E-state index in [2.05, 4.69) is 73.4 Å². The molecule has 2 aliphatic rings. The number of nitrogens with zero attached hydrogens (tertiary/aromatic N) is 3. The van der Waals surface area contributed by atoms with Gasteiger partial charge in [0.25, 0.3) is 0 Å². The van der Waals surface area contributed by atoms with E-state index < -0.39 is 0 Å². The molecule has 0 saturated carbocycles. The van der Waals surface area contributed by atoms with E-state index in [0.717, 1.165) is 78.1 Å². The quantitative estimate of drug-likeness (QED) is 0.300. The molecule has 6 rings (SSSR count). The number of amides is 1. The van der Waals surface area contributed by atoms with E-state index in [1.54, 1.807) is 11.3 Å². The molecule has 8 heteroatoms. The van der Waals surface area contributed by atoms with E-state index in [1.165, 1.54) is 12.8 Å². The van der Waals surface area contributed by atoms with Crippen LogP contribution in [0, 0.1) is 0 Å². The maximum absolute atomic E-state index is 13.5. The van der Waals surface area contributed by atoms with Crippen molar-refractivity contribution in [3.8, 4) is 11.3 Å². The Morgan fingerprint density at radius 2 is 1.78 bits per heavy atom. The molecule has 192 valence electrons. The van der Waals surface area contributed by atoms with E-state index in [-0.39, 0.29) is 11.9 Å². The van der Waals surface area contributed by atoms with Crippen LogP contribution in [-0.2, 0) is 4.79 Å². The number of fused-ring (bicyclic) bond motifs is 1. The normalized spacial score (nSPS) is 18.3. The Morgan fingerprint density at radius 3 is 2.51 bits per heavy atom. The Labute approximate surface area is 221 Å². The molecule has 0 aliphatic carbocycles. The van der Waals surface area contributed by atoms with Crippen molar-refractivity contribution in [2.45, 2.75) is 37.8 Å². The lowest BCUT2D eigenvalue weighted by molar-refractivity contribution is -0.121. The highest BCUT2D eigenvalue weighted by Crippen LogP contribution is 2.32. The first kappa shape index (κ1) is 24.2. The third kappa shape index (κ3) is 5.28. The number of carbonyl (C=O) groups is 1. The molecule has 37 heavy (non-hydrogen) atoms. The lowest BCUT2D eigenvalue weighted by Crippen LogP contribution is -2.36. The number of aromatic amines is 1. The second-order valence-corrected chi connectivity index (χ2v) is 11.1. The molecular formula is C29H34N6OS. The van der Waals surface area contributed by atoms with E-state index >= 15 is 0 Å². The summed E-state index contributed by atoms with van der Waals surface area (Å²) in [5, 5.41) is 19.8. The standard InChI is InChI=1S/C29H34N6OS/c1-34-15-10-23(11-16-34)30-22-6-4-20(5-7-22)27-25-18-24(8-9-26(25)32-33-27)31-29(36)28(21-12-17-37-19-21)35-13-2-3-14-35/h4-9,12,17-19,23,28,30H,2-3,10-11,13-16H2,1H3,(H,31,36)(H,32,33). The van der Waals surface area contributed by atoms with Crippen molar-refractivity contribution in [2.75, 3.05) is 43.9 Å². The van der Waals surface area contributed by atoms with Gasteiger partial charge < -0.3 is 15.5 Å². The number of rotatable bonds is 7. The van der Waals surface area contributed by atoms with Gasteiger partial charge in [-0.15, -0.1) is 0 Å². The highest BCUT2D eigenvalue weighted by molar-refractivity contribution is 7.08. The van der Waals surface area contributed by atoms with Crippen molar-refractivity contribution in [3.63, 3.8) is 0 Å². The fourth-order valence-electron chi connectivity index (χ4n) is 5.59. The third-order valence-electron chi connectivity index (χ3n) is 7.69. The van der Waals surface area contributed by atoms with Crippen LogP contribution in [-0.4, -0.2) is 65.2 Å². The second-order valence-electron chi connectivity index (χ2n) is 10.3. The smallest absolute Gasteiger partial charge is 0.246 e. The van der Waals surface area contributed by atoms with Gasteiger partial charge in [-0.2, -0.15) is 16.4 Å². The van der Waals surface area contributed by atoms with Gasteiger partial charge >= 0.3 is 0 Å². The fraction of sp³-hybridized carbons (Fsp3) is 0.379. The van der Waals surface area contributed by atoms with Crippen LogP contribution in [0.1, 0.15) is 37.3 Å². The number of hydrogen-bond acceptors (Lipinski definition) is 6. The molecule has 0 spiro atoms. The molecule has 4 aromatic rings. The Morgan fingerprint density at radius 1 is 1.03 bits per heavy atom. The van der Waals surface area contributed by atoms with E-state index in [9.17, 15) is 4.79 Å². The molecule has 2 saturated heterocycles. The van der Waals surface area contributed by atoms with Crippen LogP contribution in [0.3, 0.4) is 0 Å². The van der Waals surface area contributed by atoms with Gasteiger partial charge in [-0.25, -0.2) is 0 Å². The Bertz CT molecular complexity index is 1330. The Balaban J connectivity index is 1.20. The zero-order valence-corrected chi connectivity index (χ0v) is 22.1. The fourth-order valence-corrected chi connectivity index (χ4v) is 6.27. The third-order valence-corrected chi connectivity index (χ3v) is 8.39. The minimum atomic E-state index is -0.252. The monoisotopic (exact) mass is 514 g/mol. The maximum Gasteiger partial charge on any atom is 0.246 e. The molecule has 4 heterocycles. The summed E-state index contributed by atoms with van der Waals surface area (Å²) in [4.78, 5) is 18.1. The maximum atomic E-state index is 13.5. The average molecular weight is 515 g/mol. The lowest BCUT2D eigenvalue weighted by Gasteiger charge is -2.30. The van der Waals surface area contributed by atoms with Crippen LogP contribution >= 0.6 is 11.3 Å². The van der Waals surface area contributed by atoms with Gasteiger partial charge in [-0.05, 0) is 112 Å². The van der Waals surface area contributed by atoms with Crippen LogP contribution < -0.4 is 10.6 Å². The summed E-state index contributed by atoms with van der Waals surface area (Å²) in [5.74, 6) is 0.0222. The number of benzene rings is 2. The first-order chi connectivity index (χ1) is 18.1. The number of piperidine rings is 1. The summed E-state index contributed by atoms with van der Waals surface area (Å²) >= 11 is 1.64. The second kappa shape index (κ2) is 10.7. The van der Waals surface area contributed by atoms with Crippen molar-refractivity contribution in [1.29, 1.82) is 0 Å². The molecule has 0 bridgehead atoms. The van der Waals surface area contributed by atoms with Crippen molar-refractivity contribution in [3.05, 3.63) is 64.9 Å². The van der Waals surface area contributed by atoms with Gasteiger partial charge in [0, 0.05) is 28.4 Å². The van der Waals surface area contributed by atoms with Crippen LogP contribution in [0.4, 0.5) is 11.4 Å². The summed E-state index contributed by atoms with van der Waals surface area (Å²) < 4.78 is 0. The Kier molecular flexibility index (Phi) is 6.95. The molecule has 2 aromatic heterocycles. The summed E-state index contributed by atoms with van der Waals surface area (Å²) in [6.07, 6.45) is 4.62. The number of hydrogen-bond donors (Lipinski definition) is 3. The number of nitrogens with one attached hydrogen (secondary N) is 3. The summed E-state index contributed by atoms with van der Waals surface area (Å²) in [5.41, 5.74) is 5.91. The number of anilines is 2. The molecule has 2 fully saturated rings. The highest BCUT2D eigenvalue weighted by Gasteiger charge is 2.30. The number of thiophene rings is 1. The summed E-state index contributed by atoms with van der Waals surface area (Å²) in [6, 6.07) is 16.8. The van der Waals surface area contributed by atoms with Crippen LogP contribution in [0.2, 0.25) is 0 Å². The summed E-state index contributed by atoms with van der Waals surface area (Å²) in [7, 11) is 2.19. The zero-order valence-electron chi connectivity index (χ0n) is 21.2. The molecule has 7 nitrogen and oxygen atoms in total.